The van der Waals surface area contributed by atoms with E-state index in [2.05, 4.69) is 5.32 Å². The molecule has 1 aromatic rings. The molecule has 0 bridgehead atoms. The number of carboxylic acid groups (broad SMARTS) is 1. The third-order valence-electron chi connectivity index (χ3n) is 5.38. The number of carbonyl (C=O) groups is 1. The number of hydrogen-bond donors (Lipinski definition) is 2. The Morgan fingerprint density at radius 1 is 1.10 bits per heavy atom. The van der Waals surface area contributed by atoms with Gasteiger partial charge in [0.2, 0.25) is 0 Å². The lowest BCUT2D eigenvalue weighted by atomic mass is 9.76. The van der Waals surface area contributed by atoms with Gasteiger partial charge in [0, 0.05) is 12.1 Å². The molecule has 0 aliphatic carbocycles. The van der Waals surface area contributed by atoms with Crippen LogP contribution in [0.5, 0.6) is 0 Å². The third-order valence-corrected chi connectivity index (χ3v) is 5.38. The third kappa shape index (κ3) is 5.63. The SMILES string of the molecule is C[C@@H](OC[C@@]1(C)CC[C@@](C)(C(=O)O)CN1)c1cc(C(F)(F)F)cc(C(F)(F)F)c1. The van der Waals surface area contributed by atoms with Gasteiger partial charge in [0.05, 0.1) is 29.3 Å². The molecule has 0 unspecified atom stereocenters. The Morgan fingerprint density at radius 2 is 1.62 bits per heavy atom. The van der Waals surface area contributed by atoms with Gasteiger partial charge in [0.1, 0.15) is 0 Å². The molecule has 4 nitrogen and oxygen atoms in total. The van der Waals surface area contributed by atoms with Crippen LogP contribution in [-0.2, 0) is 21.9 Å². The van der Waals surface area contributed by atoms with Crippen LogP contribution in [0.25, 0.3) is 0 Å². The molecule has 10 heteroatoms. The van der Waals surface area contributed by atoms with Crippen molar-refractivity contribution < 1.29 is 41.0 Å². The zero-order valence-electron chi connectivity index (χ0n) is 16.2. The lowest BCUT2D eigenvalue weighted by Crippen LogP contribution is -2.57. The second-order valence-electron chi connectivity index (χ2n) is 8.07. The molecule has 1 saturated heterocycles. The van der Waals surface area contributed by atoms with E-state index in [0.29, 0.717) is 25.0 Å². The Kier molecular flexibility index (Phi) is 6.30. The predicted octanol–water partition coefficient (Wildman–Crippen LogP) is 5.03. The average molecular weight is 427 g/mol. The van der Waals surface area contributed by atoms with E-state index in [0.717, 1.165) is 0 Å². The number of rotatable bonds is 5. The minimum absolute atomic E-state index is 0.00145. The molecule has 0 amide bonds. The van der Waals surface area contributed by atoms with Gasteiger partial charge in [-0.3, -0.25) is 4.79 Å². The quantitative estimate of drug-likeness (QED) is 0.647. The van der Waals surface area contributed by atoms with Crippen molar-refractivity contribution in [2.75, 3.05) is 13.2 Å². The van der Waals surface area contributed by atoms with E-state index in [1.165, 1.54) is 6.92 Å². The molecule has 0 spiro atoms. The highest BCUT2D eigenvalue weighted by molar-refractivity contribution is 5.74. The van der Waals surface area contributed by atoms with Crippen LogP contribution in [0.4, 0.5) is 26.3 Å². The van der Waals surface area contributed by atoms with Crippen molar-refractivity contribution in [2.24, 2.45) is 5.41 Å². The van der Waals surface area contributed by atoms with Gasteiger partial charge >= 0.3 is 18.3 Å². The molecule has 164 valence electrons. The highest BCUT2D eigenvalue weighted by Gasteiger charge is 2.42. The normalized spacial score (nSPS) is 26.9. The molecule has 0 radical (unpaired) electrons. The number of aliphatic carboxylic acids is 1. The molecule has 1 fully saturated rings. The molecule has 2 N–H and O–H groups in total. The first-order valence-corrected chi connectivity index (χ1v) is 8.95. The summed E-state index contributed by atoms with van der Waals surface area (Å²) in [6.07, 6.45) is -10.1. The van der Waals surface area contributed by atoms with Crippen LogP contribution in [0, 0.1) is 5.41 Å². The molecular formula is C19H23F6NO3. The Labute approximate surface area is 164 Å². The molecular weight excluding hydrogens is 404 g/mol. The summed E-state index contributed by atoms with van der Waals surface area (Å²) >= 11 is 0. The van der Waals surface area contributed by atoms with Crippen LogP contribution in [0.2, 0.25) is 0 Å². The summed E-state index contributed by atoms with van der Waals surface area (Å²) < 4.78 is 83.6. The van der Waals surface area contributed by atoms with Crippen LogP contribution in [0.15, 0.2) is 18.2 Å². The van der Waals surface area contributed by atoms with Gasteiger partial charge in [-0.05, 0) is 57.4 Å². The summed E-state index contributed by atoms with van der Waals surface area (Å²) in [5.41, 5.74) is -4.60. The molecule has 0 aromatic heterocycles. The maximum Gasteiger partial charge on any atom is 0.416 e. The fraction of sp³-hybridized carbons (Fsp3) is 0.632. The lowest BCUT2D eigenvalue weighted by Gasteiger charge is -2.42. The number of ether oxygens (including phenoxy) is 1. The fourth-order valence-corrected chi connectivity index (χ4v) is 3.06. The first kappa shape index (κ1) is 23.5. The molecule has 1 aromatic carbocycles. The van der Waals surface area contributed by atoms with Gasteiger partial charge in [-0.2, -0.15) is 26.3 Å². The topological polar surface area (TPSA) is 58.6 Å². The smallest absolute Gasteiger partial charge is 0.416 e. The van der Waals surface area contributed by atoms with E-state index in [1.807, 2.05) is 0 Å². The second kappa shape index (κ2) is 7.79. The summed E-state index contributed by atoms with van der Waals surface area (Å²) in [6.45, 7) is 4.93. The van der Waals surface area contributed by atoms with Crippen LogP contribution in [0.3, 0.4) is 0 Å². The average Bonchev–Trinajstić information content (AvgIpc) is 2.60. The largest absolute Gasteiger partial charge is 0.481 e. The highest BCUT2D eigenvalue weighted by atomic mass is 19.4. The van der Waals surface area contributed by atoms with Crippen molar-refractivity contribution in [3.63, 3.8) is 0 Å². The van der Waals surface area contributed by atoms with Gasteiger partial charge in [0.15, 0.2) is 0 Å². The van der Waals surface area contributed by atoms with Crippen LogP contribution < -0.4 is 5.32 Å². The van der Waals surface area contributed by atoms with Crippen molar-refractivity contribution in [2.45, 2.75) is 57.6 Å². The van der Waals surface area contributed by atoms with Gasteiger partial charge in [-0.15, -0.1) is 0 Å². The summed E-state index contributed by atoms with van der Waals surface area (Å²) in [5.74, 6) is -0.940. The van der Waals surface area contributed by atoms with Crippen LogP contribution in [0.1, 0.15) is 56.4 Å². The maximum atomic E-state index is 13.0. The summed E-state index contributed by atoms with van der Waals surface area (Å²) in [7, 11) is 0. The number of alkyl halides is 6. The Hall–Kier alpha value is -1.81. The number of halogens is 6. The van der Waals surface area contributed by atoms with Gasteiger partial charge < -0.3 is 15.2 Å². The number of carboxylic acids is 1. The Morgan fingerprint density at radius 3 is 2.00 bits per heavy atom. The van der Waals surface area contributed by atoms with E-state index >= 15 is 0 Å². The van der Waals surface area contributed by atoms with E-state index in [9.17, 15) is 36.2 Å². The van der Waals surface area contributed by atoms with E-state index in [1.54, 1.807) is 13.8 Å². The monoisotopic (exact) mass is 427 g/mol. The standard InChI is InChI=1S/C19H23F6NO3/c1-11(29-10-17(3)5-4-16(2,9-26-17)15(27)28)12-6-13(18(20,21)22)8-14(7-12)19(23,24)25/h6-8,11,26H,4-5,9-10H2,1-3H3,(H,27,28)/t11-,16-,17-/m1/s1. The van der Waals surface area contributed by atoms with Gasteiger partial charge in [0.25, 0.3) is 0 Å². The van der Waals surface area contributed by atoms with E-state index in [-0.39, 0.29) is 24.8 Å². The van der Waals surface area contributed by atoms with Crippen LogP contribution >= 0.6 is 0 Å². The van der Waals surface area contributed by atoms with Crippen molar-refractivity contribution in [3.8, 4) is 0 Å². The number of benzene rings is 1. The van der Waals surface area contributed by atoms with Gasteiger partial charge in [-0.1, -0.05) is 0 Å². The molecule has 1 aliphatic heterocycles. The summed E-state index contributed by atoms with van der Waals surface area (Å²) in [4.78, 5) is 11.3. The lowest BCUT2D eigenvalue weighted by molar-refractivity contribution is -0.150. The Bertz CT molecular complexity index is 719. The van der Waals surface area contributed by atoms with E-state index < -0.39 is 46.5 Å². The fourth-order valence-electron chi connectivity index (χ4n) is 3.06. The molecule has 3 atom stereocenters. The first-order chi connectivity index (χ1) is 13.1. The summed E-state index contributed by atoms with van der Waals surface area (Å²) in [6, 6.07) is 1.38. The molecule has 1 aliphatic rings. The zero-order valence-corrected chi connectivity index (χ0v) is 16.2. The maximum absolute atomic E-state index is 13.0. The van der Waals surface area contributed by atoms with Crippen molar-refractivity contribution in [1.82, 2.24) is 5.32 Å². The Balaban J connectivity index is 2.15. The second-order valence-corrected chi connectivity index (χ2v) is 8.07. The van der Waals surface area contributed by atoms with Crippen molar-refractivity contribution >= 4 is 5.97 Å². The molecule has 29 heavy (non-hydrogen) atoms. The summed E-state index contributed by atoms with van der Waals surface area (Å²) in [5, 5.41) is 12.3. The molecule has 1 heterocycles. The van der Waals surface area contributed by atoms with Crippen LogP contribution in [-0.4, -0.2) is 29.8 Å². The molecule has 0 saturated carbocycles. The highest BCUT2D eigenvalue weighted by Crippen LogP contribution is 2.38. The zero-order chi connectivity index (χ0) is 22.3. The first-order valence-electron chi connectivity index (χ1n) is 8.95. The predicted molar refractivity (Wildman–Crippen MR) is 92.2 cm³/mol. The van der Waals surface area contributed by atoms with Gasteiger partial charge in [-0.25, -0.2) is 0 Å². The van der Waals surface area contributed by atoms with Crippen molar-refractivity contribution in [1.29, 1.82) is 0 Å². The number of nitrogens with one attached hydrogen (secondary N) is 1. The van der Waals surface area contributed by atoms with E-state index in [4.69, 9.17) is 4.74 Å². The number of hydrogen-bond acceptors (Lipinski definition) is 3. The van der Waals surface area contributed by atoms with Crippen molar-refractivity contribution in [3.05, 3.63) is 34.9 Å². The minimum Gasteiger partial charge on any atom is -0.481 e. The molecule has 2 rings (SSSR count). The number of piperidine rings is 1. The minimum atomic E-state index is -4.92.